The Hall–Kier alpha value is -2.73. The number of rotatable bonds is 14. The summed E-state index contributed by atoms with van der Waals surface area (Å²) in [7, 11) is 0. The number of pyridine rings is 1. The third kappa shape index (κ3) is 7.17. The third-order valence-corrected chi connectivity index (χ3v) is 5.49. The summed E-state index contributed by atoms with van der Waals surface area (Å²) in [5, 5.41) is 2.96. The van der Waals surface area contributed by atoms with Gasteiger partial charge in [-0.05, 0) is 30.7 Å². The zero-order valence-corrected chi connectivity index (χ0v) is 18.6. The first-order valence-electron chi connectivity index (χ1n) is 11.5. The standard InChI is InChI=1S/C25H34N4O2/c1-2-3-4-5-6-7-8-11-17-31-21-29-20-28(23-14-9-10-15-24(23)29)19-27-25(30)22-13-12-16-26-18-22/h9-10,12-16,18,20H,2-8,11,17,19,21H2,1H3/p+1. The average Bonchev–Trinajstić information content (AvgIpc) is 3.17. The molecule has 0 fully saturated rings. The van der Waals surface area contributed by atoms with E-state index < -0.39 is 0 Å². The van der Waals surface area contributed by atoms with Gasteiger partial charge in [-0.1, -0.05) is 64.0 Å². The topological polar surface area (TPSA) is 60.0 Å². The Morgan fingerprint density at radius 3 is 2.58 bits per heavy atom. The molecular weight excluding hydrogens is 388 g/mol. The number of unbranched alkanes of at least 4 members (excludes halogenated alkanes) is 7. The lowest BCUT2D eigenvalue weighted by Gasteiger charge is -2.03. The lowest BCUT2D eigenvalue weighted by atomic mass is 10.1. The summed E-state index contributed by atoms with van der Waals surface area (Å²) in [6.07, 6.45) is 15.6. The Balaban J connectivity index is 1.45. The fourth-order valence-corrected chi connectivity index (χ4v) is 3.73. The maximum atomic E-state index is 12.3. The molecule has 0 aliphatic rings. The molecule has 0 atom stereocenters. The predicted octanol–water partition coefficient (Wildman–Crippen LogP) is 4.83. The molecule has 1 amide bonds. The summed E-state index contributed by atoms with van der Waals surface area (Å²) >= 11 is 0. The van der Waals surface area contributed by atoms with Crippen LogP contribution in [-0.2, 0) is 18.1 Å². The number of para-hydroxylation sites is 2. The molecule has 0 radical (unpaired) electrons. The molecule has 3 aromatic rings. The number of nitrogens with zero attached hydrogens (tertiary/aromatic N) is 3. The number of ether oxygens (including phenoxy) is 1. The Labute approximate surface area is 185 Å². The fourth-order valence-electron chi connectivity index (χ4n) is 3.73. The molecule has 1 N–H and O–H groups in total. The van der Waals surface area contributed by atoms with Crippen molar-refractivity contribution in [3.63, 3.8) is 0 Å². The monoisotopic (exact) mass is 423 g/mol. The molecule has 0 bridgehead atoms. The van der Waals surface area contributed by atoms with Gasteiger partial charge < -0.3 is 10.1 Å². The molecule has 0 saturated carbocycles. The van der Waals surface area contributed by atoms with Crippen molar-refractivity contribution in [2.45, 2.75) is 71.7 Å². The van der Waals surface area contributed by atoms with Crippen LogP contribution in [-0.4, -0.2) is 22.1 Å². The number of carbonyl (C=O) groups excluding carboxylic acids is 1. The van der Waals surface area contributed by atoms with Crippen molar-refractivity contribution in [1.82, 2.24) is 14.9 Å². The van der Waals surface area contributed by atoms with E-state index in [4.69, 9.17) is 4.74 Å². The number of carbonyl (C=O) groups is 1. The van der Waals surface area contributed by atoms with Crippen LogP contribution in [0.2, 0.25) is 0 Å². The smallest absolute Gasteiger partial charge is 0.255 e. The average molecular weight is 424 g/mol. The van der Waals surface area contributed by atoms with E-state index in [1.807, 2.05) is 23.0 Å². The number of nitrogens with one attached hydrogen (secondary N) is 1. The highest BCUT2D eigenvalue weighted by molar-refractivity contribution is 5.93. The summed E-state index contributed by atoms with van der Waals surface area (Å²) < 4.78 is 10.1. The second kappa shape index (κ2) is 12.8. The second-order valence-electron chi connectivity index (χ2n) is 7.96. The van der Waals surface area contributed by atoms with Crippen molar-refractivity contribution in [3.05, 3.63) is 60.7 Å². The molecule has 0 aliphatic heterocycles. The Kier molecular flexibility index (Phi) is 9.51. The Morgan fingerprint density at radius 2 is 1.81 bits per heavy atom. The quantitative estimate of drug-likeness (QED) is 0.299. The molecule has 2 aromatic heterocycles. The Bertz CT molecular complexity index is 924. The van der Waals surface area contributed by atoms with Crippen LogP contribution in [0, 0.1) is 0 Å². The number of hydrogen-bond acceptors (Lipinski definition) is 3. The van der Waals surface area contributed by atoms with Gasteiger partial charge in [-0.2, -0.15) is 0 Å². The van der Waals surface area contributed by atoms with Crippen LogP contribution in [0.5, 0.6) is 0 Å². The van der Waals surface area contributed by atoms with E-state index >= 15 is 0 Å². The minimum Gasteiger partial charge on any atom is -0.342 e. The van der Waals surface area contributed by atoms with Gasteiger partial charge in [-0.3, -0.25) is 9.78 Å². The van der Waals surface area contributed by atoms with Crippen molar-refractivity contribution in [1.29, 1.82) is 0 Å². The van der Waals surface area contributed by atoms with Gasteiger partial charge in [0.15, 0.2) is 24.4 Å². The molecule has 166 valence electrons. The lowest BCUT2D eigenvalue weighted by Crippen LogP contribution is -2.43. The maximum absolute atomic E-state index is 12.3. The molecule has 31 heavy (non-hydrogen) atoms. The largest absolute Gasteiger partial charge is 0.342 e. The highest BCUT2D eigenvalue weighted by atomic mass is 16.5. The third-order valence-electron chi connectivity index (χ3n) is 5.49. The Morgan fingerprint density at radius 1 is 1.03 bits per heavy atom. The number of aromatic nitrogens is 3. The highest BCUT2D eigenvalue weighted by Gasteiger charge is 2.16. The van der Waals surface area contributed by atoms with E-state index in [-0.39, 0.29) is 5.91 Å². The van der Waals surface area contributed by atoms with Gasteiger partial charge in [-0.25, -0.2) is 9.13 Å². The van der Waals surface area contributed by atoms with Gasteiger partial charge in [0, 0.05) is 12.4 Å². The summed E-state index contributed by atoms with van der Waals surface area (Å²) in [5.74, 6) is -0.136. The molecular formula is C25H35N4O2+. The first-order valence-corrected chi connectivity index (χ1v) is 11.5. The highest BCUT2D eigenvalue weighted by Crippen LogP contribution is 2.12. The molecule has 0 spiro atoms. The molecule has 1 aromatic carbocycles. The normalized spacial score (nSPS) is 11.1. The number of hydrogen-bond donors (Lipinski definition) is 1. The lowest BCUT2D eigenvalue weighted by molar-refractivity contribution is -0.675. The zero-order valence-electron chi connectivity index (χ0n) is 18.6. The van der Waals surface area contributed by atoms with Crippen molar-refractivity contribution in [3.8, 4) is 0 Å². The first kappa shape index (κ1) is 22.9. The number of benzene rings is 1. The van der Waals surface area contributed by atoms with Crippen LogP contribution >= 0.6 is 0 Å². The minimum atomic E-state index is -0.136. The number of imidazole rings is 1. The van der Waals surface area contributed by atoms with Gasteiger partial charge in [-0.15, -0.1) is 0 Å². The van der Waals surface area contributed by atoms with Gasteiger partial charge in [0.2, 0.25) is 6.33 Å². The molecule has 6 heteroatoms. The number of fused-ring (bicyclic) bond motifs is 1. The molecule has 6 nitrogen and oxygen atoms in total. The molecule has 0 aliphatic carbocycles. The van der Waals surface area contributed by atoms with E-state index in [1.165, 1.54) is 44.9 Å². The summed E-state index contributed by atoms with van der Waals surface area (Å²) in [4.78, 5) is 16.3. The van der Waals surface area contributed by atoms with Crippen LogP contribution in [0.4, 0.5) is 0 Å². The number of amides is 1. The predicted molar refractivity (Wildman–Crippen MR) is 122 cm³/mol. The SMILES string of the molecule is CCCCCCCCCCOCn1c[n+](CNC(=O)c2cccnc2)c2ccccc21. The zero-order chi connectivity index (χ0) is 21.7. The second-order valence-corrected chi connectivity index (χ2v) is 7.96. The summed E-state index contributed by atoms with van der Waals surface area (Å²) in [5.41, 5.74) is 2.71. The van der Waals surface area contributed by atoms with E-state index in [1.54, 1.807) is 24.5 Å². The van der Waals surface area contributed by atoms with E-state index in [2.05, 4.69) is 33.9 Å². The van der Waals surface area contributed by atoms with E-state index in [0.29, 0.717) is 19.0 Å². The first-order chi connectivity index (χ1) is 15.3. The van der Waals surface area contributed by atoms with E-state index in [9.17, 15) is 4.79 Å². The van der Waals surface area contributed by atoms with Crippen LogP contribution in [0.15, 0.2) is 55.1 Å². The molecule has 3 rings (SSSR count). The van der Waals surface area contributed by atoms with Crippen molar-refractivity contribution in [2.75, 3.05) is 6.61 Å². The fraction of sp³-hybridized carbons (Fsp3) is 0.480. The van der Waals surface area contributed by atoms with Gasteiger partial charge >= 0.3 is 0 Å². The van der Waals surface area contributed by atoms with Crippen LogP contribution in [0.25, 0.3) is 11.0 Å². The summed E-state index contributed by atoms with van der Waals surface area (Å²) in [6.45, 7) is 3.93. The van der Waals surface area contributed by atoms with Crippen molar-refractivity contribution in [2.24, 2.45) is 0 Å². The van der Waals surface area contributed by atoms with Crippen molar-refractivity contribution >= 4 is 16.9 Å². The summed E-state index contributed by atoms with van der Waals surface area (Å²) in [6, 6.07) is 11.7. The van der Waals surface area contributed by atoms with Crippen LogP contribution in [0.1, 0.15) is 68.6 Å². The van der Waals surface area contributed by atoms with Crippen molar-refractivity contribution < 1.29 is 14.1 Å². The van der Waals surface area contributed by atoms with Crippen LogP contribution < -0.4 is 9.88 Å². The maximum Gasteiger partial charge on any atom is 0.255 e. The minimum absolute atomic E-state index is 0.136. The van der Waals surface area contributed by atoms with Crippen LogP contribution in [0.3, 0.4) is 0 Å². The molecule has 0 unspecified atom stereocenters. The van der Waals surface area contributed by atoms with Gasteiger partial charge in [0.05, 0.1) is 12.2 Å². The molecule has 2 heterocycles. The molecule has 0 saturated heterocycles. The van der Waals surface area contributed by atoms with E-state index in [0.717, 1.165) is 24.1 Å². The van der Waals surface area contributed by atoms with Gasteiger partial charge in [0.1, 0.15) is 0 Å². The van der Waals surface area contributed by atoms with Gasteiger partial charge in [0.25, 0.3) is 5.91 Å².